The first-order valence-corrected chi connectivity index (χ1v) is 7.25. The molecule has 1 aromatic rings. The Balaban J connectivity index is 1.94. The lowest BCUT2D eigenvalue weighted by atomic mass is 10.2. The number of benzene rings is 1. The molecule has 17 heavy (non-hydrogen) atoms. The van der Waals surface area contributed by atoms with Gasteiger partial charge in [-0.25, -0.2) is 0 Å². The van der Waals surface area contributed by atoms with Crippen LogP contribution in [0, 0.1) is 0 Å². The van der Waals surface area contributed by atoms with E-state index >= 15 is 0 Å². The Labute approximate surface area is 116 Å². The molecule has 0 spiro atoms. The van der Waals surface area contributed by atoms with Crippen LogP contribution < -0.4 is 0 Å². The van der Waals surface area contributed by atoms with E-state index in [9.17, 15) is 0 Å². The quantitative estimate of drug-likeness (QED) is 0.793. The zero-order chi connectivity index (χ0) is 12.1. The lowest BCUT2D eigenvalue weighted by Gasteiger charge is -2.22. The van der Waals surface area contributed by atoms with Crippen LogP contribution in [0.25, 0.3) is 0 Å². The molecular weight excluding hydrogens is 302 g/mol. The molecule has 0 amide bonds. The van der Waals surface area contributed by atoms with E-state index in [1.54, 1.807) is 0 Å². The lowest BCUT2D eigenvalue weighted by Crippen LogP contribution is -2.32. The minimum atomic E-state index is 0.176. The van der Waals surface area contributed by atoms with Crippen LogP contribution in [-0.4, -0.2) is 36.6 Å². The van der Waals surface area contributed by atoms with Gasteiger partial charge >= 0.3 is 0 Å². The van der Waals surface area contributed by atoms with E-state index in [1.807, 2.05) is 0 Å². The molecule has 1 aliphatic rings. The molecule has 0 N–H and O–H groups in total. The van der Waals surface area contributed by atoms with Crippen LogP contribution in [0.2, 0.25) is 0 Å². The number of halogens is 2. The van der Waals surface area contributed by atoms with Crippen molar-refractivity contribution in [1.29, 1.82) is 0 Å². The van der Waals surface area contributed by atoms with E-state index in [0.717, 1.165) is 37.1 Å². The van der Waals surface area contributed by atoms with Crippen LogP contribution in [0.1, 0.15) is 12.0 Å². The minimum absolute atomic E-state index is 0.176. The standard InChI is InChI=1S/C13H17BrClNO/c14-12-4-2-11(3-5-12)9-16-6-1-7-17-13(8-15)10-16/h2-5,13H,1,6-10H2/t13-/m0/s1. The second kappa shape index (κ2) is 6.74. The summed E-state index contributed by atoms with van der Waals surface area (Å²) >= 11 is 9.34. The van der Waals surface area contributed by atoms with Gasteiger partial charge in [-0.3, -0.25) is 4.90 Å². The van der Waals surface area contributed by atoms with E-state index < -0.39 is 0 Å². The highest BCUT2D eigenvalue weighted by Gasteiger charge is 2.17. The van der Waals surface area contributed by atoms with Crippen molar-refractivity contribution in [3.63, 3.8) is 0 Å². The summed E-state index contributed by atoms with van der Waals surface area (Å²) in [5, 5.41) is 0. The van der Waals surface area contributed by atoms with Gasteiger partial charge in [0.2, 0.25) is 0 Å². The molecule has 1 atom stereocenters. The average molecular weight is 319 g/mol. The summed E-state index contributed by atoms with van der Waals surface area (Å²) in [4.78, 5) is 2.42. The summed E-state index contributed by atoms with van der Waals surface area (Å²) in [6, 6.07) is 8.49. The first kappa shape index (κ1) is 13.3. The fraction of sp³-hybridized carbons (Fsp3) is 0.538. The van der Waals surface area contributed by atoms with Gasteiger partial charge < -0.3 is 4.74 Å². The van der Waals surface area contributed by atoms with Crippen LogP contribution in [0.15, 0.2) is 28.7 Å². The maximum atomic E-state index is 5.88. The molecule has 1 saturated heterocycles. The summed E-state index contributed by atoms with van der Waals surface area (Å²) in [5.74, 6) is 0.580. The Morgan fingerprint density at radius 2 is 2.12 bits per heavy atom. The Kier molecular flexibility index (Phi) is 5.29. The number of rotatable bonds is 3. The van der Waals surface area contributed by atoms with Crippen molar-refractivity contribution in [1.82, 2.24) is 4.90 Å². The summed E-state index contributed by atoms with van der Waals surface area (Å²) in [7, 11) is 0. The molecule has 2 nitrogen and oxygen atoms in total. The average Bonchev–Trinajstić information content (AvgIpc) is 2.57. The number of hydrogen-bond donors (Lipinski definition) is 0. The third-order valence-corrected chi connectivity index (χ3v) is 3.80. The van der Waals surface area contributed by atoms with Crippen molar-refractivity contribution in [3.8, 4) is 0 Å². The second-order valence-corrected chi connectivity index (χ2v) is 5.59. The molecule has 0 unspecified atom stereocenters. The Hall–Kier alpha value is -0.0900. The maximum Gasteiger partial charge on any atom is 0.0837 e. The van der Waals surface area contributed by atoms with Crippen molar-refractivity contribution in [2.24, 2.45) is 0 Å². The van der Waals surface area contributed by atoms with Gasteiger partial charge in [0.25, 0.3) is 0 Å². The molecule has 1 heterocycles. The lowest BCUT2D eigenvalue weighted by molar-refractivity contribution is 0.0691. The van der Waals surface area contributed by atoms with Gasteiger partial charge in [0.1, 0.15) is 0 Å². The zero-order valence-corrected chi connectivity index (χ0v) is 12.1. The maximum absolute atomic E-state index is 5.88. The van der Waals surface area contributed by atoms with Crippen LogP contribution in [0.4, 0.5) is 0 Å². The fourth-order valence-electron chi connectivity index (χ4n) is 2.06. The highest BCUT2D eigenvalue weighted by Crippen LogP contribution is 2.14. The number of ether oxygens (including phenoxy) is 1. The normalized spacial score (nSPS) is 22.4. The molecule has 1 fully saturated rings. The smallest absolute Gasteiger partial charge is 0.0837 e. The molecule has 4 heteroatoms. The third kappa shape index (κ3) is 4.25. The van der Waals surface area contributed by atoms with Gasteiger partial charge in [0.15, 0.2) is 0 Å². The molecule has 1 aromatic carbocycles. The molecule has 0 aliphatic carbocycles. The van der Waals surface area contributed by atoms with Crippen molar-refractivity contribution in [2.75, 3.05) is 25.6 Å². The predicted octanol–water partition coefficient (Wildman–Crippen LogP) is 3.28. The van der Waals surface area contributed by atoms with E-state index in [4.69, 9.17) is 16.3 Å². The van der Waals surface area contributed by atoms with Crippen LogP contribution in [0.3, 0.4) is 0 Å². The molecule has 0 radical (unpaired) electrons. The molecule has 0 aromatic heterocycles. The highest BCUT2D eigenvalue weighted by molar-refractivity contribution is 9.10. The summed E-state index contributed by atoms with van der Waals surface area (Å²) in [5.41, 5.74) is 1.34. The first-order valence-electron chi connectivity index (χ1n) is 5.92. The number of hydrogen-bond acceptors (Lipinski definition) is 2. The molecular formula is C13H17BrClNO. The SMILES string of the molecule is ClC[C@H]1CN(Cc2ccc(Br)cc2)CCCO1. The van der Waals surface area contributed by atoms with E-state index in [2.05, 4.69) is 45.1 Å². The van der Waals surface area contributed by atoms with Crippen LogP contribution in [0.5, 0.6) is 0 Å². The third-order valence-electron chi connectivity index (χ3n) is 2.93. The number of alkyl halides is 1. The molecule has 2 rings (SSSR count). The Bertz CT molecular complexity index is 344. The van der Waals surface area contributed by atoms with Crippen molar-refractivity contribution < 1.29 is 4.74 Å². The van der Waals surface area contributed by atoms with Gasteiger partial charge in [-0.05, 0) is 24.1 Å². The largest absolute Gasteiger partial charge is 0.376 e. The number of nitrogens with zero attached hydrogens (tertiary/aromatic N) is 1. The molecule has 94 valence electrons. The van der Waals surface area contributed by atoms with Gasteiger partial charge in [0, 0.05) is 36.6 Å². The van der Waals surface area contributed by atoms with E-state index in [-0.39, 0.29) is 6.10 Å². The zero-order valence-electron chi connectivity index (χ0n) is 9.74. The molecule has 0 bridgehead atoms. The van der Waals surface area contributed by atoms with Crippen molar-refractivity contribution in [3.05, 3.63) is 34.3 Å². The predicted molar refractivity (Wildman–Crippen MR) is 74.5 cm³/mol. The van der Waals surface area contributed by atoms with Crippen molar-refractivity contribution >= 4 is 27.5 Å². The van der Waals surface area contributed by atoms with Crippen molar-refractivity contribution in [2.45, 2.75) is 19.1 Å². The highest BCUT2D eigenvalue weighted by atomic mass is 79.9. The van der Waals surface area contributed by atoms with Crippen LogP contribution in [-0.2, 0) is 11.3 Å². The molecule has 1 aliphatic heterocycles. The fourth-order valence-corrected chi connectivity index (χ4v) is 2.51. The van der Waals surface area contributed by atoms with Crippen LogP contribution >= 0.6 is 27.5 Å². The summed E-state index contributed by atoms with van der Waals surface area (Å²) < 4.78 is 6.78. The van der Waals surface area contributed by atoms with E-state index in [0.29, 0.717) is 5.88 Å². The first-order chi connectivity index (χ1) is 8.28. The monoisotopic (exact) mass is 317 g/mol. The topological polar surface area (TPSA) is 12.5 Å². The Morgan fingerprint density at radius 3 is 2.82 bits per heavy atom. The second-order valence-electron chi connectivity index (χ2n) is 4.36. The van der Waals surface area contributed by atoms with Gasteiger partial charge in [-0.2, -0.15) is 0 Å². The Morgan fingerprint density at radius 1 is 1.35 bits per heavy atom. The van der Waals surface area contributed by atoms with Gasteiger partial charge in [-0.15, -0.1) is 11.6 Å². The minimum Gasteiger partial charge on any atom is -0.376 e. The van der Waals surface area contributed by atoms with E-state index in [1.165, 1.54) is 5.56 Å². The van der Waals surface area contributed by atoms with Gasteiger partial charge in [-0.1, -0.05) is 28.1 Å². The van der Waals surface area contributed by atoms with Gasteiger partial charge in [0.05, 0.1) is 6.10 Å². The summed E-state index contributed by atoms with van der Waals surface area (Å²) in [6.45, 7) is 3.82. The summed E-state index contributed by atoms with van der Waals surface area (Å²) in [6.07, 6.45) is 1.26. The molecule has 0 saturated carbocycles.